The topological polar surface area (TPSA) is 49.4 Å². The highest BCUT2D eigenvalue weighted by Gasteiger charge is 2.32. The smallest absolute Gasteiger partial charge is 0.314 e. The molecule has 1 heterocycles. The van der Waals surface area contributed by atoms with Gasteiger partial charge in [-0.2, -0.15) is 13.2 Å². The van der Waals surface area contributed by atoms with Gasteiger partial charge in [0.2, 0.25) is 10.0 Å². The summed E-state index contributed by atoms with van der Waals surface area (Å²) in [6, 6.07) is 0.211. The zero-order valence-electron chi connectivity index (χ0n) is 12.6. The second-order valence-corrected chi connectivity index (χ2v) is 7.73. The fraction of sp³-hybridized carbons (Fsp3) is 1.00. The van der Waals surface area contributed by atoms with Gasteiger partial charge in [-0.25, -0.2) is 12.7 Å². The maximum atomic E-state index is 12.1. The van der Waals surface area contributed by atoms with Crippen LogP contribution in [0.4, 0.5) is 13.2 Å². The van der Waals surface area contributed by atoms with Crippen molar-refractivity contribution < 1.29 is 21.6 Å². The molecule has 2 atom stereocenters. The van der Waals surface area contributed by atoms with Crippen LogP contribution < -0.4 is 5.32 Å². The van der Waals surface area contributed by atoms with Crippen LogP contribution in [0.2, 0.25) is 0 Å². The highest BCUT2D eigenvalue weighted by atomic mass is 32.2. The number of halogens is 3. The van der Waals surface area contributed by atoms with Crippen molar-refractivity contribution in [1.29, 1.82) is 0 Å². The molecule has 0 aliphatic carbocycles. The highest BCUT2D eigenvalue weighted by Crippen LogP contribution is 2.25. The number of nitrogens with zero attached hydrogens (tertiary/aromatic N) is 1. The fourth-order valence-corrected chi connectivity index (χ4v) is 4.30. The van der Waals surface area contributed by atoms with Gasteiger partial charge >= 0.3 is 6.18 Å². The normalized spacial score (nSPS) is 23.2. The quantitative estimate of drug-likeness (QED) is 0.780. The van der Waals surface area contributed by atoms with Crippen molar-refractivity contribution in [3.05, 3.63) is 0 Å². The molecule has 2 unspecified atom stereocenters. The van der Waals surface area contributed by atoms with Crippen molar-refractivity contribution in [2.24, 2.45) is 5.92 Å². The van der Waals surface area contributed by atoms with Crippen LogP contribution in [0, 0.1) is 5.92 Å². The van der Waals surface area contributed by atoms with E-state index in [2.05, 4.69) is 5.32 Å². The van der Waals surface area contributed by atoms with Crippen LogP contribution in [-0.4, -0.2) is 50.3 Å². The lowest BCUT2D eigenvalue weighted by molar-refractivity contribution is -0.134. The molecule has 0 amide bonds. The summed E-state index contributed by atoms with van der Waals surface area (Å²) in [4.78, 5) is 0. The Balaban J connectivity index is 2.54. The third-order valence-corrected chi connectivity index (χ3v) is 5.83. The predicted molar refractivity (Wildman–Crippen MR) is 76.5 cm³/mol. The molecule has 21 heavy (non-hydrogen) atoms. The molecule has 0 bridgehead atoms. The van der Waals surface area contributed by atoms with E-state index >= 15 is 0 Å². The van der Waals surface area contributed by atoms with Gasteiger partial charge in [-0.05, 0) is 38.6 Å². The van der Waals surface area contributed by atoms with Crippen LogP contribution in [0.5, 0.6) is 0 Å². The summed E-state index contributed by atoms with van der Waals surface area (Å²) in [5, 5.41) is 3.28. The number of hydrogen-bond acceptors (Lipinski definition) is 3. The Bertz CT molecular complexity index is 412. The molecular weight excluding hydrogens is 305 g/mol. The Labute approximate surface area is 125 Å². The Hall–Kier alpha value is -0.340. The summed E-state index contributed by atoms with van der Waals surface area (Å²) in [6.45, 7) is 5.65. The van der Waals surface area contributed by atoms with E-state index in [0.717, 1.165) is 19.4 Å². The van der Waals surface area contributed by atoms with Crippen molar-refractivity contribution in [1.82, 2.24) is 9.62 Å². The van der Waals surface area contributed by atoms with Gasteiger partial charge in [0.25, 0.3) is 0 Å². The molecule has 0 spiro atoms. The second kappa shape index (κ2) is 7.78. The van der Waals surface area contributed by atoms with E-state index in [-0.39, 0.29) is 18.4 Å². The van der Waals surface area contributed by atoms with Crippen LogP contribution in [-0.2, 0) is 10.0 Å². The average Bonchev–Trinajstić information content (AvgIpc) is 2.37. The van der Waals surface area contributed by atoms with Crippen molar-refractivity contribution in [3.8, 4) is 0 Å². The Morgan fingerprint density at radius 2 is 2.05 bits per heavy atom. The van der Waals surface area contributed by atoms with Crippen molar-refractivity contribution >= 4 is 10.0 Å². The molecule has 1 N–H and O–H groups in total. The van der Waals surface area contributed by atoms with E-state index in [1.807, 2.05) is 13.8 Å². The first-order chi connectivity index (χ1) is 9.65. The largest absolute Gasteiger partial charge is 0.389 e. The van der Waals surface area contributed by atoms with E-state index in [4.69, 9.17) is 0 Å². The van der Waals surface area contributed by atoms with Gasteiger partial charge in [-0.1, -0.05) is 6.92 Å². The summed E-state index contributed by atoms with van der Waals surface area (Å²) in [5.74, 6) is -0.203. The first-order valence-corrected chi connectivity index (χ1v) is 9.04. The van der Waals surface area contributed by atoms with Crippen LogP contribution in [0.25, 0.3) is 0 Å². The lowest BCUT2D eigenvalue weighted by Gasteiger charge is -2.35. The van der Waals surface area contributed by atoms with Gasteiger partial charge in [0.15, 0.2) is 0 Å². The van der Waals surface area contributed by atoms with E-state index in [0.29, 0.717) is 13.1 Å². The number of sulfonamides is 1. The number of nitrogens with one attached hydrogen (secondary N) is 1. The maximum Gasteiger partial charge on any atom is 0.389 e. The van der Waals surface area contributed by atoms with E-state index in [1.54, 1.807) is 0 Å². The van der Waals surface area contributed by atoms with Gasteiger partial charge in [0, 0.05) is 25.6 Å². The Kier molecular flexibility index (Phi) is 6.93. The zero-order valence-corrected chi connectivity index (χ0v) is 13.4. The molecule has 1 aliphatic heterocycles. The number of rotatable bonds is 7. The van der Waals surface area contributed by atoms with Crippen LogP contribution >= 0.6 is 0 Å². The van der Waals surface area contributed by atoms with Crippen molar-refractivity contribution in [3.63, 3.8) is 0 Å². The molecule has 126 valence electrons. The highest BCUT2D eigenvalue weighted by molar-refractivity contribution is 7.89. The summed E-state index contributed by atoms with van der Waals surface area (Å²) < 4.78 is 62.0. The Morgan fingerprint density at radius 3 is 2.62 bits per heavy atom. The monoisotopic (exact) mass is 330 g/mol. The lowest BCUT2D eigenvalue weighted by Crippen LogP contribution is -2.47. The van der Waals surface area contributed by atoms with Crippen molar-refractivity contribution in [2.75, 3.05) is 25.4 Å². The third kappa shape index (κ3) is 6.52. The lowest BCUT2D eigenvalue weighted by atomic mass is 9.93. The molecule has 8 heteroatoms. The molecule has 1 aliphatic rings. The minimum atomic E-state index is -4.29. The molecule has 0 radical (unpaired) electrons. The average molecular weight is 330 g/mol. The maximum absolute atomic E-state index is 12.1. The van der Waals surface area contributed by atoms with Crippen LogP contribution in [0.15, 0.2) is 0 Å². The van der Waals surface area contributed by atoms with Crippen molar-refractivity contribution in [2.45, 2.75) is 51.7 Å². The SMILES string of the molecule is CCNC(C)C1CCCN(S(=O)(=O)CCCC(F)(F)F)C1. The second-order valence-electron chi connectivity index (χ2n) is 5.64. The molecular formula is C13H25F3N2O2S. The molecule has 0 aromatic rings. The summed E-state index contributed by atoms with van der Waals surface area (Å²) in [6.07, 6.45) is -3.99. The molecule has 0 saturated carbocycles. The summed E-state index contributed by atoms with van der Waals surface area (Å²) in [7, 11) is -3.58. The van der Waals surface area contributed by atoms with E-state index < -0.39 is 28.4 Å². The standard InChI is InChI=1S/C13H25F3N2O2S/c1-3-17-11(2)12-6-4-8-18(10-12)21(19,20)9-5-7-13(14,15)16/h11-12,17H,3-10H2,1-2H3. The minimum Gasteiger partial charge on any atom is -0.314 e. The first-order valence-electron chi connectivity index (χ1n) is 7.43. The number of alkyl halides is 3. The molecule has 0 aromatic heterocycles. The van der Waals surface area contributed by atoms with Crippen LogP contribution in [0.3, 0.4) is 0 Å². The van der Waals surface area contributed by atoms with Gasteiger partial charge in [0.05, 0.1) is 5.75 Å². The molecule has 0 aromatic carbocycles. The molecule has 1 rings (SSSR count). The van der Waals surface area contributed by atoms with Gasteiger partial charge in [-0.3, -0.25) is 0 Å². The van der Waals surface area contributed by atoms with Gasteiger partial charge in [0.1, 0.15) is 0 Å². The first kappa shape index (κ1) is 18.7. The number of hydrogen-bond donors (Lipinski definition) is 1. The van der Waals surface area contributed by atoms with Gasteiger partial charge < -0.3 is 5.32 Å². The molecule has 4 nitrogen and oxygen atoms in total. The van der Waals surface area contributed by atoms with Crippen LogP contribution in [0.1, 0.15) is 39.5 Å². The summed E-state index contributed by atoms with van der Waals surface area (Å²) >= 11 is 0. The van der Waals surface area contributed by atoms with E-state index in [1.165, 1.54) is 4.31 Å². The molecule has 1 saturated heterocycles. The summed E-state index contributed by atoms with van der Waals surface area (Å²) in [5.41, 5.74) is 0. The number of piperidine rings is 1. The zero-order chi connectivity index (χ0) is 16.1. The molecule has 1 fully saturated rings. The van der Waals surface area contributed by atoms with Gasteiger partial charge in [-0.15, -0.1) is 0 Å². The minimum absolute atomic E-state index is 0.211. The predicted octanol–water partition coefficient (Wildman–Crippen LogP) is 2.37. The fourth-order valence-electron chi connectivity index (χ4n) is 2.71. The Morgan fingerprint density at radius 1 is 1.38 bits per heavy atom. The van der Waals surface area contributed by atoms with E-state index in [9.17, 15) is 21.6 Å². The third-order valence-electron chi connectivity index (χ3n) is 3.91.